The van der Waals surface area contributed by atoms with Crippen LogP contribution in [-0.2, 0) is 4.79 Å². The van der Waals surface area contributed by atoms with E-state index in [1.54, 1.807) is 36.0 Å². The largest absolute Gasteiger partial charge is 0.478 e. The van der Waals surface area contributed by atoms with E-state index in [2.05, 4.69) is 4.85 Å². The van der Waals surface area contributed by atoms with Gasteiger partial charge < -0.3 is 5.11 Å². The Bertz CT molecular complexity index is 753. The molecule has 0 aromatic heterocycles. The molecule has 0 bridgehead atoms. The van der Waals surface area contributed by atoms with Crippen molar-refractivity contribution in [2.75, 3.05) is 0 Å². The number of carboxylic acids is 1. The number of thioether (sulfide) groups is 1. The van der Waals surface area contributed by atoms with Crippen molar-refractivity contribution in [2.24, 2.45) is 0 Å². The molecule has 3 rings (SSSR count). The molecular weight excluding hydrogens is 342 g/mol. The fourth-order valence-corrected chi connectivity index (χ4v) is 4.91. The smallest absolute Gasteiger partial charge is 0.331 e. The van der Waals surface area contributed by atoms with Crippen molar-refractivity contribution in [3.05, 3.63) is 62.4 Å². The van der Waals surface area contributed by atoms with E-state index < -0.39 is 5.97 Å². The van der Waals surface area contributed by atoms with Crippen LogP contribution in [0.1, 0.15) is 44.1 Å². The lowest BCUT2D eigenvalue weighted by Crippen LogP contribution is -2.08. The van der Waals surface area contributed by atoms with E-state index in [1.165, 1.54) is 19.3 Å². The van der Waals surface area contributed by atoms with E-state index in [1.807, 2.05) is 0 Å². The van der Waals surface area contributed by atoms with Crippen LogP contribution in [-0.4, -0.2) is 16.3 Å². The number of carbonyl (C=O) groups is 1. The maximum Gasteiger partial charge on any atom is 0.331 e. The summed E-state index contributed by atoms with van der Waals surface area (Å²) in [5.41, 5.74) is 2.14. The monoisotopic (exact) mass is 359 g/mol. The highest BCUT2D eigenvalue weighted by Gasteiger charge is 2.31. The van der Waals surface area contributed by atoms with Crippen LogP contribution in [0.5, 0.6) is 0 Å². The standard InChI is InChI=1S/C19H18ClNO2S/c1-21-18-16(24-14-5-3-2-4-6-14)11-15(19(22)23)17(18)12-7-9-13(20)10-8-12/h7-10,14H,2-6,11H2,(H,22,23). The van der Waals surface area contributed by atoms with Gasteiger partial charge in [-0.1, -0.05) is 43.0 Å². The molecule has 0 heterocycles. The number of hydrogen-bond donors (Lipinski definition) is 1. The van der Waals surface area contributed by atoms with Gasteiger partial charge >= 0.3 is 5.97 Å². The number of carboxylic acid groups (broad SMARTS) is 1. The lowest BCUT2D eigenvalue weighted by molar-refractivity contribution is -0.132. The second kappa shape index (κ2) is 7.46. The first-order valence-corrected chi connectivity index (χ1v) is 9.36. The highest BCUT2D eigenvalue weighted by molar-refractivity contribution is 8.03. The molecule has 0 spiro atoms. The molecule has 24 heavy (non-hydrogen) atoms. The molecule has 5 heteroatoms. The quantitative estimate of drug-likeness (QED) is 0.693. The summed E-state index contributed by atoms with van der Waals surface area (Å²) in [5.74, 6) is -0.944. The Balaban J connectivity index is 1.96. The number of hydrogen-bond acceptors (Lipinski definition) is 2. The van der Waals surface area contributed by atoms with Crippen LogP contribution in [0, 0.1) is 6.57 Å². The molecule has 1 aromatic carbocycles. The third-order valence-corrected chi connectivity index (χ3v) is 6.18. The Morgan fingerprint density at radius 3 is 2.46 bits per heavy atom. The lowest BCUT2D eigenvalue weighted by Gasteiger charge is -2.22. The predicted octanol–water partition coefficient (Wildman–Crippen LogP) is 5.78. The molecule has 1 aromatic rings. The second-order valence-corrected chi connectivity index (χ2v) is 7.94. The van der Waals surface area contributed by atoms with E-state index in [4.69, 9.17) is 18.2 Å². The van der Waals surface area contributed by atoms with Crippen molar-refractivity contribution in [3.8, 4) is 0 Å². The zero-order valence-corrected chi connectivity index (χ0v) is 14.8. The first-order chi connectivity index (χ1) is 11.6. The first-order valence-electron chi connectivity index (χ1n) is 8.10. The highest BCUT2D eigenvalue weighted by atomic mass is 35.5. The van der Waals surface area contributed by atoms with Crippen molar-refractivity contribution in [3.63, 3.8) is 0 Å². The van der Waals surface area contributed by atoms with E-state index in [9.17, 15) is 9.90 Å². The molecule has 0 atom stereocenters. The van der Waals surface area contributed by atoms with Crippen molar-refractivity contribution < 1.29 is 9.90 Å². The van der Waals surface area contributed by atoms with Gasteiger partial charge in [0.15, 0.2) is 0 Å². The number of allylic oxidation sites excluding steroid dienone is 2. The molecule has 3 nitrogen and oxygen atoms in total. The van der Waals surface area contributed by atoms with Crippen molar-refractivity contribution >= 4 is 34.9 Å². The molecule has 0 unspecified atom stereocenters. The molecule has 1 N–H and O–H groups in total. The van der Waals surface area contributed by atoms with E-state index in [0.717, 1.165) is 23.3 Å². The summed E-state index contributed by atoms with van der Waals surface area (Å²) < 4.78 is 0. The van der Waals surface area contributed by atoms with Crippen LogP contribution in [0.4, 0.5) is 0 Å². The van der Waals surface area contributed by atoms with E-state index in [0.29, 0.717) is 33.5 Å². The van der Waals surface area contributed by atoms with Gasteiger partial charge in [-0.25, -0.2) is 9.64 Å². The average Bonchev–Trinajstić information content (AvgIpc) is 2.95. The number of aliphatic carboxylic acids is 1. The van der Waals surface area contributed by atoms with Gasteiger partial charge in [0.05, 0.1) is 6.57 Å². The Morgan fingerprint density at radius 2 is 1.88 bits per heavy atom. The molecule has 0 aliphatic heterocycles. The highest BCUT2D eigenvalue weighted by Crippen LogP contribution is 2.47. The van der Waals surface area contributed by atoms with Gasteiger partial charge in [-0.2, -0.15) is 0 Å². The van der Waals surface area contributed by atoms with Gasteiger partial charge in [0, 0.05) is 22.3 Å². The minimum atomic E-state index is -0.944. The van der Waals surface area contributed by atoms with Gasteiger partial charge in [0.25, 0.3) is 0 Å². The van der Waals surface area contributed by atoms with Crippen molar-refractivity contribution in [2.45, 2.75) is 43.8 Å². The molecular formula is C19H18ClNO2S. The SMILES string of the molecule is [C-]#[N+]C1=C(SC2CCCCC2)CC(C(=O)O)=C1c1ccc(Cl)cc1. The van der Waals surface area contributed by atoms with E-state index >= 15 is 0 Å². The van der Waals surface area contributed by atoms with Crippen molar-refractivity contribution in [1.29, 1.82) is 0 Å². The molecule has 124 valence electrons. The molecule has 2 aliphatic carbocycles. The fraction of sp³-hybridized carbons (Fsp3) is 0.368. The normalized spacial score (nSPS) is 18.8. The summed E-state index contributed by atoms with van der Waals surface area (Å²) in [6, 6.07) is 7.05. The van der Waals surface area contributed by atoms with Crippen molar-refractivity contribution in [1.82, 2.24) is 0 Å². The summed E-state index contributed by atoms with van der Waals surface area (Å²) in [4.78, 5) is 16.3. The van der Waals surface area contributed by atoms with Crippen LogP contribution < -0.4 is 0 Å². The maximum absolute atomic E-state index is 11.7. The van der Waals surface area contributed by atoms with Gasteiger partial charge in [0.2, 0.25) is 5.70 Å². The van der Waals surface area contributed by atoms with Crippen LogP contribution in [0.3, 0.4) is 0 Å². The first kappa shape index (κ1) is 17.1. The average molecular weight is 360 g/mol. The summed E-state index contributed by atoms with van der Waals surface area (Å²) in [6.07, 6.45) is 6.38. The van der Waals surface area contributed by atoms with Crippen LogP contribution in [0.15, 0.2) is 40.4 Å². The van der Waals surface area contributed by atoms with E-state index in [-0.39, 0.29) is 0 Å². The van der Waals surface area contributed by atoms with Crippen LogP contribution >= 0.6 is 23.4 Å². The summed E-state index contributed by atoms with van der Waals surface area (Å²) in [6.45, 7) is 7.60. The van der Waals surface area contributed by atoms with Gasteiger partial charge in [0.1, 0.15) is 0 Å². The lowest BCUT2D eigenvalue weighted by atomic mass is 10.0. The van der Waals surface area contributed by atoms with Crippen LogP contribution in [0.2, 0.25) is 5.02 Å². The summed E-state index contributed by atoms with van der Waals surface area (Å²) >= 11 is 7.65. The Kier molecular flexibility index (Phi) is 5.33. The zero-order chi connectivity index (χ0) is 17.1. The summed E-state index contributed by atoms with van der Waals surface area (Å²) in [5, 5.41) is 10.7. The second-order valence-electron chi connectivity index (χ2n) is 6.10. The Labute approximate surface area is 151 Å². The number of rotatable bonds is 4. The Hall–Kier alpha value is -1.70. The molecule has 1 saturated carbocycles. The maximum atomic E-state index is 11.7. The molecule has 0 saturated heterocycles. The van der Waals surface area contributed by atoms with Gasteiger partial charge in [-0.3, -0.25) is 0 Å². The fourth-order valence-electron chi connectivity index (χ4n) is 3.32. The molecule has 0 amide bonds. The summed E-state index contributed by atoms with van der Waals surface area (Å²) in [7, 11) is 0. The zero-order valence-electron chi connectivity index (χ0n) is 13.2. The number of nitrogens with zero attached hydrogens (tertiary/aromatic N) is 1. The molecule has 0 radical (unpaired) electrons. The minimum Gasteiger partial charge on any atom is -0.478 e. The minimum absolute atomic E-state index is 0.321. The van der Waals surface area contributed by atoms with Gasteiger partial charge in [-0.15, -0.1) is 11.8 Å². The topological polar surface area (TPSA) is 41.7 Å². The van der Waals surface area contributed by atoms with Gasteiger partial charge in [-0.05, 0) is 41.0 Å². The number of benzene rings is 1. The third-order valence-electron chi connectivity index (χ3n) is 4.50. The van der Waals surface area contributed by atoms with Crippen LogP contribution in [0.25, 0.3) is 10.4 Å². The predicted molar refractivity (Wildman–Crippen MR) is 98.7 cm³/mol. The Morgan fingerprint density at radius 1 is 1.21 bits per heavy atom. The third kappa shape index (κ3) is 3.53. The molecule has 1 fully saturated rings. The molecule has 2 aliphatic rings. The number of halogens is 1.